The Morgan fingerprint density at radius 3 is 0.886 bits per heavy atom. The molecule has 0 rings (SSSR count). The lowest BCUT2D eigenvalue weighted by atomic mass is 10.0. The summed E-state index contributed by atoms with van der Waals surface area (Å²) in [5.41, 5.74) is 0. The van der Waals surface area contributed by atoms with Crippen LogP contribution in [0.25, 0.3) is 0 Å². The van der Waals surface area contributed by atoms with Crippen LogP contribution in [0.5, 0.6) is 0 Å². The Hall–Kier alpha value is -2.89. The molecule has 0 N–H and O–H groups in total. The highest BCUT2D eigenvalue weighted by molar-refractivity contribution is 5.71. The van der Waals surface area contributed by atoms with Gasteiger partial charge >= 0.3 is 17.9 Å². The summed E-state index contributed by atoms with van der Waals surface area (Å²) >= 11 is 0. The van der Waals surface area contributed by atoms with E-state index in [0.29, 0.717) is 19.3 Å². The van der Waals surface area contributed by atoms with Gasteiger partial charge in [-0.2, -0.15) is 0 Å². The molecule has 0 fully saturated rings. The summed E-state index contributed by atoms with van der Waals surface area (Å²) in [4.78, 5) is 37.8. The second-order valence-electron chi connectivity index (χ2n) is 20.2. The molecule has 406 valence electrons. The van der Waals surface area contributed by atoms with Gasteiger partial charge < -0.3 is 14.2 Å². The zero-order valence-electron chi connectivity index (χ0n) is 46.5. The van der Waals surface area contributed by atoms with Crippen molar-refractivity contribution in [1.82, 2.24) is 0 Å². The highest BCUT2D eigenvalue weighted by Gasteiger charge is 2.19. The van der Waals surface area contributed by atoms with E-state index in [2.05, 4.69) is 81.5 Å². The summed E-state index contributed by atoms with van der Waals surface area (Å²) in [5, 5.41) is 0. The number of unbranched alkanes of at least 4 members (excludes halogenated alkanes) is 34. The molecular weight excluding hydrogens is 865 g/mol. The van der Waals surface area contributed by atoms with Crippen molar-refractivity contribution in [3.05, 3.63) is 60.8 Å². The van der Waals surface area contributed by atoms with Crippen molar-refractivity contribution in [2.75, 3.05) is 13.2 Å². The van der Waals surface area contributed by atoms with E-state index < -0.39 is 6.10 Å². The molecule has 0 aliphatic rings. The molecule has 0 radical (unpaired) electrons. The van der Waals surface area contributed by atoms with Crippen LogP contribution >= 0.6 is 0 Å². The molecule has 1 atom stereocenters. The zero-order chi connectivity index (χ0) is 50.7. The van der Waals surface area contributed by atoms with Crippen molar-refractivity contribution in [3.8, 4) is 0 Å². The number of hydrogen-bond acceptors (Lipinski definition) is 6. The number of rotatable bonds is 55. The molecule has 0 spiro atoms. The van der Waals surface area contributed by atoms with E-state index in [1.807, 2.05) is 0 Å². The lowest BCUT2D eigenvalue weighted by Crippen LogP contribution is -2.30. The third-order valence-electron chi connectivity index (χ3n) is 13.3. The van der Waals surface area contributed by atoms with Gasteiger partial charge in [-0.15, -0.1) is 0 Å². The smallest absolute Gasteiger partial charge is 0.306 e. The van der Waals surface area contributed by atoms with Crippen molar-refractivity contribution < 1.29 is 28.6 Å². The molecule has 0 amide bonds. The van der Waals surface area contributed by atoms with Gasteiger partial charge in [0.05, 0.1) is 0 Å². The summed E-state index contributed by atoms with van der Waals surface area (Å²) in [6, 6.07) is 0. The van der Waals surface area contributed by atoms with Crippen LogP contribution in [0.2, 0.25) is 0 Å². The molecule has 0 bridgehead atoms. The number of hydrogen-bond donors (Lipinski definition) is 0. The fourth-order valence-electron chi connectivity index (χ4n) is 8.72. The van der Waals surface area contributed by atoms with Crippen molar-refractivity contribution in [3.63, 3.8) is 0 Å². The molecule has 6 heteroatoms. The molecule has 0 aromatic carbocycles. The van der Waals surface area contributed by atoms with Crippen molar-refractivity contribution in [1.29, 1.82) is 0 Å². The number of ether oxygens (including phenoxy) is 3. The summed E-state index contributed by atoms with van der Waals surface area (Å²) in [7, 11) is 0. The SMILES string of the molecule is CC/C=C\C/C=C\C/C=C\C/C=C\CCCCCCCCCCCCCCCCCCCCC(=O)OCC(COC(=O)CCCCCCC)OC(=O)CCCCCCC/C=C\CCCCCCCCC. The third kappa shape index (κ3) is 56.0. The van der Waals surface area contributed by atoms with Gasteiger partial charge in [0, 0.05) is 19.3 Å². The van der Waals surface area contributed by atoms with Gasteiger partial charge in [0.15, 0.2) is 6.10 Å². The van der Waals surface area contributed by atoms with Crippen molar-refractivity contribution in [2.24, 2.45) is 0 Å². The van der Waals surface area contributed by atoms with Gasteiger partial charge in [-0.25, -0.2) is 0 Å². The van der Waals surface area contributed by atoms with E-state index in [1.54, 1.807) is 0 Å². The van der Waals surface area contributed by atoms with Crippen LogP contribution in [0.4, 0.5) is 0 Å². The Labute approximate surface area is 434 Å². The average molecular weight is 980 g/mol. The Balaban J connectivity index is 3.95. The fourth-order valence-corrected chi connectivity index (χ4v) is 8.72. The Morgan fingerprint density at radius 2 is 0.557 bits per heavy atom. The van der Waals surface area contributed by atoms with Gasteiger partial charge in [0.1, 0.15) is 13.2 Å². The first kappa shape index (κ1) is 67.1. The summed E-state index contributed by atoms with van der Waals surface area (Å²) < 4.78 is 16.7. The van der Waals surface area contributed by atoms with Crippen LogP contribution in [0, 0.1) is 0 Å². The predicted octanol–water partition coefficient (Wildman–Crippen LogP) is 20.4. The predicted molar refractivity (Wildman–Crippen MR) is 302 cm³/mol. The first-order chi connectivity index (χ1) is 34.5. The van der Waals surface area contributed by atoms with E-state index >= 15 is 0 Å². The summed E-state index contributed by atoms with van der Waals surface area (Å²) in [6.45, 7) is 6.46. The van der Waals surface area contributed by atoms with Crippen LogP contribution in [-0.4, -0.2) is 37.2 Å². The Kier molecular flexibility index (Phi) is 56.3. The molecule has 0 heterocycles. The normalized spacial score (nSPS) is 12.4. The van der Waals surface area contributed by atoms with Crippen molar-refractivity contribution in [2.45, 2.75) is 316 Å². The minimum Gasteiger partial charge on any atom is -0.462 e. The topological polar surface area (TPSA) is 78.9 Å². The Bertz CT molecular complexity index is 1260. The average Bonchev–Trinajstić information content (AvgIpc) is 3.36. The lowest BCUT2D eigenvalue weighted by Gasteiger charge is -2.18. The van der Waals surface area contributed by atoms with Crippen LogP contribution in [0.3, 0.4) is 0 Å². The summed E-state index contributed by atoms with van der Waals surface area (Å²) in [6.07, 6.45) is 74.2. The minimum atomic E-state index is -0.772. The van der Waals surface area contributed by atoms with E-state index in [0.717, 1.165) is 96.3 Å². The molecule has 0 aliphatic carbocycles. The van der Waals surface area contributed by atoms with Gasteiger partial charge in [0.25, 0.3) is 0 Å². The molecular formula is C64H114O6. The van der Waals surface area contributed by atoms with E-state index in [4.69, 9.17) is 14.2 Å². The molecule has 0 saturated heterocycles. The third-order valence-corrected chi connectivity index (χ3v) is 13.3. The van der Waals surface area contributed by atoms with E-state index in [9.17, 15) is 14.4 Å². The number of esters is 3. The number of allylic oxidation sites excluding steroid dienone is 10. The van der Waals surface area contributed by atoms with E-state index in [1.165, 1.54) is 173 Å². The van der Waals surface area contributed by atoms with Crippen molar-refractivity contribution >= 4 is 17.9 Å². The molecule has 0 saturated carbocycles. The summed E-state index contributed by atoms with van der Waals surface area (Å²) in [5.74, 6) is -0.884. The van der Waals surface area contributed by atoms with E-state index in [-0.39, 0.29) is 31.1 Å². The monoisotopic (exact) mass is 979 g/mol. The molecule has 0 aliphatic heterocycles. The van der Waals surface area contributed by atoms with Crippen LogP contribution in [-0.2, 0) is 28.6 Å². The van der Waals surface area contributed by atoms with Crippen LogP contribution in [0.1, 0.15) is 310 Å². The molecule has 6 nitrogen and oxygen atoms in total. The maximum atomic E-state index is 12.8. The molecule has 70 heavy (non-hydrogen) atoms. The second-order valence-corrected chi connectivity index (χ2v) is 20.2. The number of carbonyl (C=O) groups excluding carboxylic acids is 3. The largest absolute Gasteiger partial charge is 0.462 e. The van der Waals surface area contributed by atoms with Gasteiger partial charge in [-0.3, -0.25) is 14.4 Å². The molecule has 0 aromatic heterocycles. The zero-order valence-corrected chi connectivity index (χ0v) is 46.5. The maximum Gasteiger partial charge on any atom is 0.306 e. The molecule has 0 aromatic rings. The standard InChI is InChI=1S/C64H114O6/c1-4-7-10-13-15-17-19-21-23-25-26-27-28-29-30-31-32-33-34-35-36-37-38-39-41-42-44-46-48-51-54-57-63(66)69-60-61(59-68-62(65)56-53-50-12-9-6-3)70-64(67)58-55-52-49-47-45-43-40-24-22-20-18-16-14-11-8-5-2/h7,10,15,17,21,23-24,26-27,40,61H,4-6,8-9,11-14,16,18-20,22,25,28-39,41-60H2,1-3H3/b10-7-,17-15-,23-21-,27-26-,40-24-. The number of carbonyl (C=O) groups is 3. The first-order valence-electron chi connectivity index (χ1n) is 30.3. The Morgan fingerprint density at radius 1 is 0.300 bits per heavy atom. The van der Waals surface area contributed by atoms with Gasteiger partial charge in [-0.1, -0.05) is 268 Å². The maximum absolute atomic E-state index is 12.8. The highest BCUT2D eigenvalue weighted by atomic mass is 16.6. The molecule has 1 unspecified atom stereocenters. The quantitative estimate of drug-likeness (QED) is 0.0261. The fraction of sp³-hybridized carbons (Fsp3) is 0.797. The highest BCUT2D eigenvalue weighted by Crippen LogP contribution is 2.17. The second kappa shape index (κ2) is 58.7. The van der Waals surface area contributed by atoms with Crippen LogP contribution in [0.15, 0.2) is 60.8 Å². The van der Waals surface area contributed by atoms with Crippen LogP contribution < -0.4 is 0 Å². The minimum absolute atomic E-state index is 0.0740. The lowest BCUT2D eigenvalue weighted by molar-refractivity contribution is -0.167. The van der Waals surface area contributed by atoms with Gasteiger partial charge in [-0.05, 0) is 83.5 Å². The van der Waals surface area contributed by atoms with Gasteiger partial charge in [0.2, 0.25) is 0 Å². The first-order valence-corrected chi connectivity index (χ1v) is 30.3.